The molecule has 2 amide bonds. The minimum Gasteiger partial charge on any atom is -0.477 e. The van der Waals surface area contributed by atoms with E-state index in [1.165, 1.54) is 5.56 Å². The number of ether oxygens (including phenoxy) is 1. The molecule has 2 N–H and O–H groups in total. The zero-order chi connectivity index (χ0) is 20.9. The van der Waals surface area contributed by atoms with E-state index in [4.69, 9.17) is 4.74 Å². The van der Waals surface area contributed by atoms with Crippen LogP contribution in [-0.2, 0) is 5.41 Å². The number of benzene rings is 2. The SMILES string of the molecule is CCOc1ccc(-c2ccc(NC(=O)Nc3ccc(C(C)(C)C)cc3)cc2)nn1. The lowest BCUT2D eigenvalue weighted by molar-refractivity contribution is 0.262. The molecule has 0 radical (unpaired) electrons. The van der Waals surface area contributed by atoms with Gasteiger partial charge in [0.15, 0.2) is 0 Å². The lowest BCUT2D eigenvalue weighted by Crippen LogP contribution is -2.19. The zero-order valence-electron chi connectivity index (χ0n) is 17.2. The van der Waals surface area contributed by atoms with Crippen LogP contribution in [0.1, 0.15) is 33.3 Å². The van der Waals surface area contributed by atoms with Gasteiger partial charge < -0.3 is 15.4 Å². The lowest BCUT2D eigenvalue weighted by atomic mass is 9.87. The first-order valence-electron chi connectivity index (χ1n) is 9.60. The molecule has 0 aliphatic rings. The van der Waals surface area contributed by atoms with Gasteiger partial charge in [-0.1, -0.05) is 45.0 Å². The summed E-state index contributed by atoms with van der Waals surface area (Å²) >= 11 is 0. The maximum Gasteiger partial charge on any atom is 0.323 e. The molecular weight excluding hydrogens is 364 g/mol. The highest BCUT2D eigenvalue weighted by atomic mass is 16.5. The number of nitrogens with zero attached hydrogens (tertiary/aromatic N) is 2. The number of hydrogen-bond donors (Lipinski definition) is 2. The van der Waals surface area contributed by atoms with Crippen LogP contribution in [0, 0.1) is 0 Å². The second-order valence-corrected chi connectivity index (χ2v) is 7.67. The molecule has 0 saturated heterocycles. The molecule has 3 aromatic rings. The Morgan fingerprint density at radius 1 is 0.862 bits per heavy atom. The van der Waals surface area contributed by atoms with E-state index in [0.717, 1.165) is 16.9 Å². The molecule has 6 nitrogen and oxygen atoms in total. The fourth-order valence-electron chi connectivity index (χ4n) is 2.77. The van der Waals surface area contributed by atoms with Crippen LogP contribution in [0.5, 0.6) is 5.88 Å². The Hall–Kier alpha value is -3.41. The number of carbonyl (C=O) groups is 1. The van der Waals surface area contributed by atoms with Gasteiger partial charge in [0.1, 0.15) is 0 Å². The van der Waals surface area contributed by atoms with Crippen LogP contribution in [0.4, 0.5) is 16.2 Å². The maximum absolute atomic E-state index is 12.3. The molecule has 0 saturated carbocycles. The first-order valence-corrected chi connectivity index (χ1v) is 9.60. The molecule has 0 spiro atoms. The van der Waals surface area contributed by atoms with E-state index in [-0.39, 0.29) is 11.4 Å². The standard InChI is InChI=1S/C23H26N4O2/c1-5-29-21-15-14-20(26-27-21)16-6-10-18(11-7-16)24-22(28)25-19-12-8-17(9-13-19)23(2,3)4/h6-15H,5H2,1-4H3,(H2,24,25,28). The van der Waals surface area contributed by atoms with Crippen molar-refractivity contribution in [3.63, 3.8) is 0 Å². The monoisotopic (exact) mass is 390 g/mol. The summed E-state index contributed by atoms with van der Waals surface area (Å²) in [6, 6.07) is 18.7. The van der Waals surface area contributed by atoms with E-state index in [9.17, 15) is 4.79 Å². The Kier molecular flexibility index (Phi) is 6.12. The molecule has 0 fully saturated rings. The van der Waals surface area contributed by atoms with Crippen molar-refractivity contribution in [2.45, 2.75) is 33.1 Å². The van der Waals surface area contributed by atoms with Crippen molar-refractivity contribution in [2.24, 2.45) is 0 Å². The predicted octanol–water partition coefficient (Wildman–Crippen LogP) is 5.48. The fraction of sp³-hybridized carbons (Fsp3) is 0.261. The Morgan fingerprint density at radius 2 is 1.45 bits per heavy atom. The summed E-state index contributed by atoms with van der Waals surface area (Å²) in [5.41, 5.74) is 4.38. The summed E-state index contributed by atoms with van der Waals surface area (Å²) < 4.78 is 5.30. The quantitative estimate of drug-likeness (QED) is 0.604. The highest BCUT2D eigenvalue weighted by Gasteiger charge is 2.13. The number of hydrogen-bond acceptors (Lipinski definition) is 4. The number of rotatable bonds is 5. The number of nitrogens with one attached hydrogen (secondary N) is 2. The largest absolute Gasteiger partial charge is 0.477 e. The minimum absolute atomic E-state index is 0.0796. The summed E-state index contributed by atoms with van der Waals surface area (Å²) in [5.74, 6) is 0.502. The predicted molar refractivity (Wildman–Crippen MR) is 116 cm³/mol. The smallest absolute Gasteiger partial charge is 0.323 e. The number of amides is 2. The van der Waals surface area contributed by atoms with E-state index in [1.807, 2.05) is 61.5 Å². The third kappa shape index (κ3) is 5.54. The van der Waals surface area contributed by atoms with Gasteiger partial charge in [-0.2, -0.15) is 0 Å². The van der Waals surface area contributed by atoms with E-state index >= 15 is 0 Å². The molecule has 6 heteroatoms. The summed E-state index contributed by atoms with van der Waals surface area (Å²) in [7, 11) is 0. The van der Waals surface area contributed by atoms with Crippen LogP contribution in [0.25, 0.3) is 11.3 Å². The van der Waals surface area contributed by atoms with Gasteiger partial charge in [0, 0.05) is 23.0 Å². The van der Waals surface area contributed by atoms with Crippen LogP contribution in [0.2, 0.25) is 0 Å². The molecule has 0 aliphatic carbocycles. The number of urea groups is 1. The molecule has 29 heavy (non-hydrogen) atoms. The Balaban J connectivity index is 1.59. The Bertz CT molecular complexity index is 944. The van der Waals surface area contributed by atoms with Crippen LogP contribution < -0.4 is 15.4 Å². The number of carbonyl (C=O) groups excluding carboxylic acids is 1. The normalized spacial score (nSPS) is 11.0. The van der Waals surface area contributed by atoms with Crippen molar-refractivity contribution in [1.82, 2.24) is 10.2 Å². The van der Waals surface area contributed by atoms with Crippen molar-refractivity contribution in [1.29, 1.82) is 0 Å². The van der Waals surface area contributed by atoms with E-state index in [2.05, 4.69) is 41.6 Å². The van der Waals surface area contributed by atoms with Crippen LogP contribution in [0.15, 0.2) is 60.7 Å². The van der Waals surface area contributed by atoms with E-state index < -0.39 is 0 Å². The third-order valence-electron chi connectivity index (χ3n) is 4.38. The van der Waals surface area contributed by atoms with Gasteiger partial charge in [0.2, 0.25) is 5.88 Å². The van der Waals surface area contributed by atoms with E-state index in [1.54, 1.807) is 6.07 Å². The summed E-state index contributed by atoms with van der Waals surface area (Å²) in [6.07, 6.45) is 0. The van der Waals surface area contributed by atoms with Crippen molar-refractivity contribution in [3.8, 4) is 17.1 Å². The summed E-state index contributed by atoms with van der Waals surface area (Å²) in [4.78, 5) is 12.3. The van der Waals surface area contributed by atoms with Gasteiger partial charge in [-0.3, -0.25) is 0 Å². The molecule has 0 atom stereocenters. The van der Waals surface area contributed by atoms with E-state index in [0.29, 0.717) is 18.2 Å². The average molecular weight is 390 g/mol. The highest BCUT2D eigenvalue weighted by Crippen LogP contribution is 2.24. The first-order chi connectivity index (χ1) is 13.8. The Morgan fingerprint density at radius 3 is 1.93 bits per heavy atom. The van der Waals surface area contributed by atoms with Gasteiger partial charge in [-0.05, 0) is 48.2 Å². The van der Waals surface area contributed by atoms with Crippen molar-refractivity contribution in [3.05, 3.63) is 66.2 Å². The first kappa shape index (κ1) is 20.3. The molecule has 2 aromatic carbocycles. The minimum atomic E-state index is -0.290. The van der Waals surface area contributed by atoms with Crippen LogP contribution >= 0.6 is 0 Å². The van der Waals surface area contributed by atoms with Crippen molar-refractivity contribution < 1.29 is 9.53 Å². The van der Waals surface area contributed by atoms with Gasteiger partial charge in [-0.25, -0.2) is 4.79 Å². The lowest BCUT2D eigenvalue weighted by Gasteiger charge is -2.19. The third-order valence-corrected chi connectivity index (χ3v) is 4.38. The molecular formula is C23H26N4O2. The van der Waals surface area contributed by atoms with Gasteiger partial charge in [0.25, 0.3) is 0 Å². The van der Waals surface area contributed by atoms with Crippen LogP contribution in [0.3, 0.4) is 0 Å². The van der Waals surface area contributed by atoms with Crippen molar-refractivity contribution in [2.75, 3.05) is 17.2 Å². The number of aromatic nitrogens is 2. The van der Waals surface area contributed by atoms with Crippen LogP contribution in [-0.4, -0.2) is 22.8 Å². The van der Waals surface area contributed by atoms with Gasteiger partial charge in [-0.15, -0.1) is 10.2 Å². The summed E-state index contributed by atoms with van der Waals surface area (Å²) in [6.45, 7) is 8.93. The average Bonchev–Trinajstić information content (AvgIpc) is 2.69. The fourth-order valence-corrected chi connectivity index (χ4v) is 2.77. The zero-order valence-corrected chi connectivity index (χ0v) is 17.2. The second kappa shape index (κ2) is 8.73. The molecule has 150 valence electrons. The molecule has 1 heterocycles. The van der Waals surface area contributed by atoms with Gasteiger partial charge in [0.05, 0.1) is 12.3 Å². The topological polar surface area (TPSA) is 76.1 Å². The molecule has 0 unspecified atom stereocenters. The van der Waals surface area contributed by atoms with Gasteiger partial charge >= 0.3 is 6.03 Å². The molecule has 0 aliphatic heterocycles. The Labute approximate surface area is 171 Å². The van der Waals surface area contributed by atoms with Crippen molar-refractivity contribution >= 4 is 17.4 Å². The molecule has 1 aromatic heterocycles. The molecule has 3 rings (SSSR count). The summed E-state index contributed by atoms with van der Waals surface area (Å²) in [5, 5.41) is 13.9. The number of anilines is 2. The second-order valence-electron chi connectivity index (χ2n) is 7.67. The maximum atomic E-state index is 12.3. The molecule has 0 bridgehead atoms. The highest BCUT2D eigenvalue weighted by molar-refractivity contribution is 5.99.